The molecular formula is C20H34IN3O2. The molecule has 1 fully saturated rings. The van der Waals surface area contributed by atoms with Gasteiger partial charge in [-0.1, -0.05) is 31.2 Å². The Morgan fingerprint density at radius 2 is 2.04 bits per heavy atom. The molecule has 1 aliphatic heterocycles. The minimum absolute atomic E-state index is 0. The molecule has 1 aliphatic rings. The van der Waals surface area contributed by atoms with Crippen molar-refractivity contribution in [3.63, 3.8) is 0 Å². The molecule has 0 saturated carbocycles. The van der Waals surface area contributed by atoms with Gasteiger partial charge in [0.1, 0.15) is 0 Å². The number of likely N-dealkylation sites (tertiary alicyclic amines) is 1. The zero-order valence-electron chi connectivity index (χ0n) is 16.4. The van der Waals surface area contributed by atoms with E-state index in [4.69, 9.17) is 9.47 Å². The van der Waals surface area contributed by atoms with Crippen molar-refractivity contribution in [3.8, 4) is 0 Å². The van der Waals surface area contributed by atoms with Crippen LogP contribution in [-0.4, -0.2) is 50.8 Å². The summed E-state index contributed by atoms with van der Waals surface area (Å²) in [7, 11) is 1.87. The van der Waals surface area contributed by atoms with E-state index in [1.54, 1.807) is 0 Å². The molecule has 0 aliphatic carbocycles. The molecule has 6 heteroatoms. The monoisotopic (exact) mass is 475 g/mol. The molecule has 0 radical (unpaired) electrons. The van der Waals surface area contributed by atoms with Crippen molar-refractivity contribution in [1.82, 2.24) is 10.2 Å². The van der Waals surface area contributed by atoms with E-state index in [1.165, 1.54) is 24.0 Å². The molecule has 0 aromatic heterocycles. The van der Waals surface area contributed by atoms with Crippen molar-refractivity contribution in [1.29, 1.82) is 0 Å². The highest BCUT2D eigenvalue weighted by atomic mass is 127. The van der Waals surface area contributed by atoms with Gasteiger partial charge in [-0.15, -0.1) is 24.0 Å². The van der Waals surface area contributed by atoms with Crippen molar-refractivity contribution < 1.29 is 9.47 Å². The van der Waals surface area contributed by atoms with E-state index in [9.17, 15) is 0 Å². The standard InChI is InChI=1S/C20H33N3O2.HI/c1-4-24-11-12-25-16-19-9-5-8-18(13-19)14-22-20(21-3)23-10-6-7-17(2)15-23;/h5,8-9,13,17H,4,6-7,10-12,14-16H2,1-3H3,(H,21,22);1H. The maximum absolute atomic E-state index is 5.65. The lowest BCUT2D eigenvalue weighted by Crippen LogP contribution is -2.45. The summed E-state index contributed by atoms with van der Waals surface area (Å²) in [4.78, 5) is 6.82. The van der Waals surface area contributed by atoms with Crippen LogP contribution in [0.4, 0.5) is 0 Å². The zero-order valence-corrected chi connectivity index (χ0v) is 18.7. The Hall–Kier alpha value is -0.860. The van der Waals surface area contributed by atoms with Gasteiger partial charge in [0.05, 0.1) is 19.8 Å². The summed E-state index contributed by atoms with van der Waals surface area (Å²) >= 11 is 0. The van der Waals surface area contributed by atoms with Gasteiger partial charge in [0, 0.05) is 33.3 Å². The van der Waals surface area contributed by atoms with E-state index >= 15 is 0 Å². The van der Waals surface area contributed by atoms with Crippen LogP contribution in [0.3, 0.4) is 0 Å². The van der Waals surface area contributed by atoms with Crippen LogP contribution < -0.4 is 5.32 Å². The van der Waals surface area contributed by atoms with Crippen molar-refractivity contribution >= 4 is 29.9 Å². The fourth-order valence-electron chi connectivity index (χ4n) is 3.18. The van der Waals surface area contributed by atoms with Crippen molar-refractivity contribution in [2.24, 2.45) is 10.9 Å². The third-order valence-electron chi connectivity index (χ3n) is 4.46. The molecule has 1 atom stereocenters. The summed E-state index contributed by atoms with van der Waals surface area (Å²) < 4.78 is 10.9. The predicted molar refractivity (Wildman–Crippen MR) is 118 cm³/mol. The van der Waals surface area contributed by atoms with Gasteiger partial charge in [0.2, 0.25) is 0 Å². The quantitative estimate of drug-likeness (QED) is 0.270. The highest BCUT2D eigenvalue weighted by Crippen LogP contribution is 2.15. The minimum atomic E-state index is 0. The molecule has 5 nitrogen and oxygen atoms in total. The molecule has 1 saturated heterocycles. The maximum Gasteiger partial charge on any atom is 0.193 e. The predicted octanol–water partition coefficient (Wildman–Crippen LogP) is 3.67. The number of ether oxygens (including phenoxy) is 2. The summed E-state index contributed by atoms with van der Waals surface area (Å²) in [5.74, 6) is 1.74. The number of rotatable bonds is 8. The number of benzene rings is 1. The van der Waals surface area contributed by atoms with Crippen molar-refractivity contribution in [3.05, 3.63) is 35.4 Å². The van der Waals surface area contributed by atoms with Crippen LogP contribution in [0, 0.1) is 5.92 Å². The molecule has 148 valence electrons. The molecule has 2 rings (SSSR count). The van der Waals surface area contributed by atoms with Gasteiger partial charge in [-0.25, -0.2) is 0 Å². The Morgan fingerprint density at radius 1 is 1.27 bits per heavy atom. The van der Waals surface area contributed by atoms with Crippen LogP contribution in [0.5, 0.6) is 0 Å². The molecule has 0 spiro atoms. The molecule has 1 unspecified atom stereocenters. The van der Waals surface area contributed by atoms with Gasteiger partial charge in [-0.2, -0.15) is 0 Å². The van der Waals surface area contributed by atoms with Gasteiger partial charge in [-0.3, -0.25) is 4.99 Å². The average molecular weight is 475 g/mol. The number of hydrogen-bond donors (Lipinski definition) is 1. The van der Waals surface area contributed by atoms with Gasteiger partial charge in [0.25, 0.3) is 0 Å². The molecule has 1 heterocycles. The topological polar surface area (TPSA) is 46.1 Å². The van der Waals surface area contributed by atoms with Crippen LogP contribution in [-0.2, 0) is 22.6 Å². The van der Waals surface area contributed by atoms with Gasteiger partial charge in [-0.05, 0) is 36.8 Å². The SMILES string of the molecule is CCOCCOCc1cccc(CNC(=NC)N2CCCC(C)C2)c1.I. The Kier molecular flexibility index (Phi) is 11.9. The Bertz CT molecular complexity index is 540. The van der Waals surface area contributed by atoms with E-state index < -0.39 is 0 Å². The molecule has 0 bridgehead atoms. The van der Waals surface area contributed by atoms with Crippen LogP contribution in [0.1, 0.15) is 37.8 Å². The first-order chi connectivity index (χ1) is 12.2. The molecule has 1 aromatic rings. The number of nitrogens with one attached hydrogen (secondary N) is 1. The first-order valence-corrected chi connectivity index (χ1v) is 9.41. The average Bonchev–Trinajstić information content (AvgIpc) is 2.62. The van der Waals surface area contributed by atoms with Crippen LogP contribution in [0.25, 0.3) is 0 Å². The first kappa shape index (κ1) is 23.2. The van der Waals surface area contributed by atoms with E-state index in [0.29, 0.717) is 19.8 Å². The molecule has 1 aromatic carbocycles. The molecule has 0 amide bonds. The Morgan fingerprint density at radius 3 is 2.77 bits per heavy atom. The second-order valence-electron chi connectivity index (χ2n) is 6.66. The zero-order chi connectivity index (χ0) is 17.9. The van der Waals surface area contributed by atoms with E-state index in [-0.39, 0.29) is 24.0 Å². The van der Waals surface area contributed by atoms with Gasteiger partial charge in [0.15, 0.2) is 5.96 Å². The number of hydrogen-bond acceptors (Lipinski definition) is 3. The molecule has 1 N–H and O–H groups in total. The van der Waals surface area contributed by atoms with Crippen LogP contribution in [0.2, 0.25) is 0 Å². The largest absolute Gasteiger partial charge is 0.379 e. The minimum Gasteiger partial charge on any atom is -0.379 e. The Labute approximate surface area is 175 Å². The Balaban J connectivity index is 0.00000338. The van der Waals surface area contributed by atoms with Crippen molar-refractivity contribution in [2.75, 3.05) is 40.0 Å². The summed E-state index contributed by atoms with van der Waals surface area (Å²) in [5, 5.41) is 3.50. The highest BCUT2D eigenvalue weighted by molar-refractivity contribution is 14.0. The summed E-state index contributed by atoms with van der Waals surface area (Å²) in [6, 6.07) is 8.53. The fraction of sp³-hybridized carbons (Fsp3) is 0.650. The number of guanidine groups is 1. The maximum atomic E-state index is 5.65. The summed E-state index contributed by atoms with van der Waals surface area (Å²) in [6.45, 7) is 9.93. The van der Waals surface area contributed by atoms with Crippen LogP contribution >= 0.6 is 24.0 Å². The lowest BCUT2D eigenvalue weighted by Gasteiger charge is -2.33. The van der Waals surface area contributed by atoms with E-state index in [0.717, 1.165) is 38.1 Å². The fourth-order valence-corrected chi connectivity index (χ4v) is 3.18. The van der Waals surface area contributed by atoms with Crippen LogP contribution in [0.15, 0.2) is 29.3 Å². The number of piperidine rings is 1. The van der Waals surface area contributed by atoms with Gasteiger partial charge >= 0.3 is 0 Å². The molecular weight excluding hydrogens is 441 g/mol. The van der Waals surface area contributed by atoms with Gasteiger partial charge < -0.3 is 19.7 Å². The second-order valence-corrected chi connectivity index (χ2v) is 6.66. The van der Waals surface area contributed by atoms with Crippen molar-refractivity contribution in [2.45, 2.75) is 39.8 Å². The van der Waals surface area contributed by atoms with E-state index in [2.05, 4.69) is 46.4 Å². The smallest absolute Gasteiger partial charge is 0.193 e. The lowest BCUT2D eigenvalue weighted by atomic mass is 10.0. The third-order valence-corrected chi connectivity index (χ3v) is 4.46. The number of aliphatic imine (C=N–C) groups is 1. The summed E-state index contributed by atoms with van der Waals surface area (Å²) in [6.07, 6.45) is 2.56. The molecule has 26 heavy (non-hydrogen) atoms. The second kappa shape index (κ2) is 13.3. The normalized spacial score (nSPS) is 17.7. The van der Waals surface area contributed by atoms with E-state index in [1.807, 2.05) is 14.0 Å². The lowest BCUT2D eigenvalue weighted by molar-refractivity contribution is 0.0453. The summed E-state index contributed by atoms with van der Waals surface area (Å²) in [5.41, 5.74) is 2.44. The third kappa shape index (κ3) is 8.22. The number of nitrogens with zero attached hydrogens (tertiary/aromatic N) is 2. The first-order valence-electron chi connectivity index (χ1n) is 9.41. The highest BCUT2D eigenvalue weighted by Gasteiger charge is 2.18. The number of halogens is 1.